The largest absolute Gasteiger partial charge is 0.480 e. The third-order valence-electron chi connectivity index (χ3n) is 2.96. The molecule has 7 heteroatoms. The fourth-order valence-electron chi connectivity index (χ4n) is 1.88. The second-order valence-corrected chi connectivity index (χ2v) is 4.93. The molecule has 0 spiro atoms. The van der Waals surface area contributed by atoms with Crippen molar-refractivity contribution in [1.82, 2.24) is 14.4 Å². The Morgan fingerprint density at radius 3 is 2.48 bits per heavy atom. The summed E-state index contributed by atoms with van der Waals surface area (Å²) in [5, 5.41) is 8.85. The van der Waals surface area contributed by atoms with Gasteiger partial charge in [0.25, 0.3) is 5.91 Å². The number of likely N-dealkylation sites (N-methyl/N-ethyl adjacent to an activating group) is 1. The van der Waals surface area contributed by atoms with E-state index in [9.17, 15) is 14.4 Å². The van der Waals surface area contributed by atoms with Gasteiger partial charge in [0, 0.05) is 26.8 Å². The van der Waals surface area contributed by atoms with E-state index in [1.54, 1.807) is 32.4 Å². The first-order chi connectivity index (χ1) is 9.86. The molecule has 1 heterocycles. The molecule has 1 aromatic heterocycles. The summed E-state index contributed by atoms with van der Waals surface area (Å²) in [4.78, 5) is 38.0. The molecule has 0 unspecified atom stereocenters. The van der Waals surface area contributed by atoms with Gasteiger partial charge in [-0.05, 0) is 18.6 Å². The maximum absolute atomic E-state index is 12.5. The summed E-state index contributed by atoms with van der Waals surface area (Å²) in [7, 11) is 3.26. The first-order valence-electron chi connectivity index (χ1n) is 6.73. The van der Waals surface area contributed by atoms with Gasteiger partial charge in [-0.15, -0.1) is 0 Å². The molecule has 0 aromatic carbocycles. The Balaban J connectivity index is 2.93. The molecule has 0 fully saturated rings. The molecular formula is C14H21N3O4. The Bertz CT molecular complexity index is 522. The van der Waals surface area contributed by atoms with E-state index < -0.39 is 5.97 Å². The highest BCUT2D eigenvalue weighted by molar-refractivity contribution is 5.95. The Labute approximate surface area is 123 Å². The lowest BCUT2D eigenvalue weighted by molar-refractivity contribution is -0.137. The molecule has 7 nitrogen and oxygen atoms in total. The molecule has 1 N–H and O–H groups in total. The van der Waals surface area contributed by atoms with Crippen molar-refractivity contribution >= 4 is 17.8 Å². The van der Waals surface area contributed by atoms with Crippen molar-refractivity contribution in [3.63, 3.8) is 0 Å². The topological polar surface area (TPSA) is 82.9 Å². The predicted molar refractivity (Wildman–Crippen MR) is 77.0 cm³/mol. The van der Waals surface area contributed by atoms with Crippen molar-refractivity contribution in [1.29, 1.82) is 0 Å². The fraction of sp³-hybridized carbons (Fsp3) is 0.500. The highest BCUT2D eigenvalue weighted by atomic mass is 16.4. The molecule has 116 valence electrons. The van der Waals surface area contributed by atoms with Crippen LogP contribution in [0.3, 0.4) is 0 Å². The SMILES string of the molecule is CCCN(CC(=O)N(C)C)C(=O)c1cccn1CC(=O)O. The summed E-state index contributed by atoms with van der Waals surface area (Å²) in [6.07, 6.45) is 2.26. The molecule has 0 aliphatic heterocycles. The lowest BCUT2D eigenvalue weighted by atomic mass is 10.3. The maximum Gasteiger partial charge on any atom is 0.323 e. The summed E-state index contributed by atoms with van der Waals surface area (Å²) >= 11 is 0. The zero-order chi connectivity index (χ0) is 16.0. The monoisotopic (exact) mass is 295 g/mol. The Morgan fingerprint density at radius 2 is 1.95 bits per heavy atom. The van der Waals surface area contributed by atoms with Gasteiger partial charge in [-0.2, -0.15) is 0 Å². The third-order valence-corrected chi connectivity index (χ3v) is 2.96. The van der Waals surface area contributed by atoms with Crippen LogP contribution in [0.15, 0.2) is 18.3 Å². The molecule has 0 bridgehead atoms. The van der Waals surface area contributed by atoms with Gasteiger partial charge in [0.2, 0.25) is 5.91 Å². The van der Waals surface area contributed by atoms with Crippen LogP contribution in [0.5, 0.6) is 0 Å². The number of carbonyl (C=O) groups is 3. The van der Waals surface area contributed by atoms with Crippen molar-refractivity contribution in [3.05, 3.63) is 24.0 Å². The number of carbonyl (C=O) groups excluding carboxylic acids is 2. The van der Waals surface area contributed by atoms with Gasteiger partial charge in [0.15, 0.2) is 0 Å². The van der Waals surface area contributed by atoms with Crippen LogP contribution in [0.1, 0.15) is 23.8 Å². The van der Waals surface area contributed by atoms with E-state index in [1.807, 2.05) is 6.92 Å². The highest BCUT2D eigenvalue weighted by Crippen LogP contribution is 2.08. The zero-order valence-electron chi connectivity index (χ0n) is 12.6. The molecule has 2 amide bonds. The van der Waals surface area contributed by atoms with Crippen LogP contribution in [0.4, 0.5) is 0 Å². The Hall–Kier alpha value is -2.31. The number of hydrogen-bond donors (Lipinski definition) is 1. The lowest BCUT2D eigenvalue weighted by Gasteiger charge is -2.23. The first kappa shape index (κ1) is 16.7. The molecule has 0 aliphatic carbocycles. The minimum absolute atomic E-state index is 0.0159. The van der Waals surface area contributed by atoms with Gasteiger partial charge >= 0.3 is 5.97 Å². The predicted octanol–water partition coefficient (Wildman–Crippen LogP) is 0.513. The maximum atomic E-state index is 12.5. The number of aromatic nitrogens is 1. The Kier molecular flexibility index (Phi) is 5.95. The van der Waals surface area contributed by atoms with E-state index in [1.165, 1.54) is 14.4 Å². The van der Waals surface area contributed by atoms with E-state index >= 15 is 0 Å². The molecule has 21 heavy (non-hydrogen) atoms. The third kappa shape index (κ3) is 4.62. The van der Waals surface area contributed by atoms with Gasteiger partial charge in [0.05, 0.1) is 0 Å². The standard InChI is InChI=1S/C14H21N3O4/c1-4-7-17(9-12(18)15(2)3)14(21)11-6-5-8-16(11)10-13(19)20/h5-6,8H,4,7,9-10H2,1-3H3,(H,19,20). The molecule has 0 radical (unpaired) electrons. The summed E-state index contributed by atoms with van der Waals surface area (Å²) in [5.41, 5.74) is 0.275. The molecular weight excluding hydrogens is 274 g/mol. The highest BCUT2D eigenvalue weighted by Gasteiger charge is 2.22. The van der Waals surface area contributed by atoms with E-state index in [0.717, 1.165) is 0 Å². The number of nitrogens with zero attached hydrogens (tertiary/aromatic N) is 3. The van der Waals surface area contributed by atoms with Gasteiger partial charge in [-0.3, -0.25) is 14.4 Å². The van der Waals surface area contributed by atoms with Gasteiger partial charge in [-0.25, -0.2) is 0 Å². The fourth-order valence-corrected chi connectivity index (χ4v) is 1.88. The van der Waals surface area contributed by atoms with Crippen molar-refractivity contribution in [2.24, 2.45) is 0 Å². The van der Waals surface area contributed by atoms with Crippen LogP contribution in [0.25, 0.3) is 0 Å². The van der Waals surface area contributed by atoms with Crippen molar-refractivity contribution < 1.29 is 19.5 Å². The van der Waals surface area contributed by atoms with Gasteiger partial charge < -0.3 is 19.5 Å². The van der Waals surface area contributed by atoms with Gasteiger partial charge in [-0.1, -0.05) is 6.92 Å². The number of carboxylic acid groups (broad SMARTS) is 1. The van der Waals surface area contributed by atoms with Crippen molar-refractivity contribution in [2.45, 2.75) is 19.9 Å². The smallest absolute Gasteiger partial charge is 0.323 e. The van der Waals surface area contributed by atoms with Crippen LogP contribution >= 0.6 is 0 Å². The average Bonchev–Trinajstić information content (AvgIpc) is 2.84. The quantitative estimate of drug-likeness (QED) is 0.794. The summed E-state index contributed by atoms with van der Waals surface area (Å²) in [6.45, 7) is 2.06. The van der Waals surface area contributed by atoms with E-state index in [0.29, 0.717) is 13.0 Å². The molecule has 0 aliphatic rings. The van der Waals surface area contributed by atoms with Gasteiger partial charge in [0.1, 0.15) is 18.8 Å². The number of aliphatic carboxylic acids is 1. The second kappa shape index (κ2) is 7.47. The van der Waals surface area contributed by atoms with E-state index in [4.69, 9.17) is 5.11 Å². The van der Waals surface area contributed by atoms with E-state index in [-0.39, 0.29) is 30.6 Å². The van der Waals surface area contributed by atoms with Crippen LogP contribution in [0, 0.1) is 0 Å². The average molecular weight is 295 g/mol. The first-order valence-corrected chi connectivity index (χ1v) is 6.73. The molecule has 0 atom stereocenters. The second-order valence-electron chi connectivity index (χ2n) is 4.93. The Morgan fingerprint density at radius 1 is 1.29 bits per heavy atom. The van der Waals surface area contributed by atoms with Crippen LogP contribution < -0.4 is 0 Å². The molecule has 0 saturated carbocycles. The number of amides is 2. The zero-order valence-corrected chi connectivity index (χ0v) is 12.6. The van der Waals surface area contributed by atoms with E-state index in [2.05, 4.69) is 0 Å². The number of rotatable bonds is 7. The molecule has 1 aromatic rings. The minimum Gasteiger partial charge on any atom is -0.480 e. The van der Waals surface area contributed by atoms with Crippen LogP contribution in [-0.2, 0) is 16.1 Å². The number of carboxylic acids is 1. The number of hydrogen-bond acceptors (Lipinski definition) is 3. The summed E-state index contributed by atoms with van der Waals surface area (Å²) in [5.74, 6) is -1.53. The summed E-state index contributed by atoms with van der Waals surface area (Å²) in [6, 6.07) is 3.18. The minimum atomic E-state index is -1.02. The van der Waals surface area contributed by atoms with Crippen LogP contribution in [-0.4, -0.2) is 64.4 Å². The van der Waals surface area contributed by atoms with Crippen molar-refractivity contribution in [2.75, 3.05) is 27.2 Å². The van der Waals surface area contributed by atoms with Crippen molar-refractivity contribution in [3.8, 4) is 0 Å². The van der Waals surface area contributed by atoms with Crippen LogP contribution in [0.2, 0.25) is 0 Å². The molecule has 0 saturated heterocycles. The normalized spacial score (nSPS) is 10.2. The summed E-state index contributed by atoms with van der Waals surface area (Å²) < 4.78 is 1.37. The lowest BCUT2D eigenvalue weighted by Crippen LogP contribution is -2.41. The molecule has 1 rings (SSSR count).